The maximum absolute atomic E-state index is 12.2. The first-order chi connectivity index (χ1) is 9.03. The summed E-state index contributed by atoms with van der Waals surface area (Å²) < 4.78 is 0.782. The number of aliphatic hydroxyl groups is 1. The molecular formula is C14H14BrNO3. The second-order valence-electron chi connectivity index (χ2n) is 5.18. The lowest BCUT2D eigenvalue weighted by atomic mass is 9.73. The molecule has 1 aliphatic carbocycles. The number of Topliss-reactive ketones (excluding diaryl/α,β-unsaturated/α-hetero) is 1. The van der Waals surface area contributed by atoms with Crippen LogP contribution in [-0.4, -0.2) is 16.8 Å². The molecule has 1 amide bonds. The lowest BCUT2D eigenvalue weighted by Crippen LogP contribution is -2.46. The largest absolute Gasteiger partial charge is 0.375 e. The summed E-state index contributed by atoms with van der Waals surface area (Å²) in [6, 6.07) is 5.26. The third kappa shape index (κ3) is 1.83. The first kappa shape index (κ1) is 12.8. The summed E-state index contributed by atoms with van der Waals surface area (Å²) in [5.41, 5.74) is -0.613. The van der Waals surface area contributed by atoms with Crippen LogP contribution in [0.15, 0.2) is 22.7 Å². The molecule has 2 atom stereocenters. The molecular weight excluding hydrogens is 310 g/mol. The Morgan fingerprint density at radius 3 is 2.84 bits per heavy atom. The summed E-state index contributed by atoms with van der Waals surface area (Å²) in [5, 5.41) is 13.5. The maximum Gasteiger partial charge on any atom is 0.261 e. The fourth-order valence-corrected chi connectivity index (χ4v) is 3.41. The zero-order valence-corrected chi connectivity index (χ0v) is 11.9. The third-order valence-electron chi connectivity index (χ3n) is 4.05. The molecule has 1 fully saturated rings. The van der Waals surface area contributed by atoms with Crippen LogP contribution in [0.25, 0.3) is 0 Å². The SMILES string of the molecule is O=C1CCCC[C@@H]1[C@]1(O)C(=O)Nc2ccc(Br)cc21. The van der Waals surface area contributed by atoms with Gasteiger partial charge in [0.15, 0.2) is 5.60 Å². The van der Waals surface area contributed by atoms with Crippen molar-refractivity contribution in [3.05, 3.63) is 28.2 Å². The molecule has 4 nitrogen and oxygen atoms in total. The molecule has 3 rings (SSSR count). The van der Waals surface area contributed by atoms with Crippen molar-refractivity contribution in [1.82, 2.24) is 0 Å². The maximum atomic E-state index is 12.2. The van der Waals surface area contributed by atoms with Crippen molar-refractivity contribution in [2.45, 2.75) is 31.3 Å². The van der Waals surface area contributed by atoms with Gasteiger partial charge in [-0.15, -0.1) is 0 Å². The normalized spacial score (nSPS) is 30.1. The smallest absolute Gasteiger partial charge is 0.261 e. The number of nitrogens with one attached hydrogen (secondary N) is 1. The Balaban J connectivity index is 2.10. The summed E-state index contributed by atoms with van der Waals surface area (Å²) >= 11 is 3.34. The summed E-state index contributed by atoms with van der Waals surface area (Å²) in [6.45, 7) is 0. The average molecular weight is 324 g/mol. The molecule has 1 heterocycles. The molecule has 2 N–H and O–H groups in total. The van der Waals surface area contributed by atoms with Gasteiger partial charge in [0.1, 0.15) is 5.78 Å². The minimum atomic E-state index is -1.71. The van der Waals surface area contributed by atoms with Gasteiger partial charge in [-0.1, -0.05) is 22.4 Å². The number of benzene rings is 1. The predicted molar refractivity (Wildman–Crippen MR) is 73.6 cm³/mol. The van der Waals surface area contributed by atoms with E-state index in [4.69, 9.17) is 0 Å². The van der Waals surface area contributed by atoms with Crippen molar-refractivity contribution >= 4 is 33.3 Å². The number of anilines is 1. The Morgan fingerprint density at radius 1 is 1.32 bits per heavy atom. The van der Waals surface area contributed by atoms with Gasteiger partial charge >= 0.3 is 0 Å². The molecule has 2 aliphatic rings. The predicted octanol–water partition coefficient (Wildman–Crippen LogP) is 2.35. The Kier molecular flexibility index (Phi) is 2.98. The van der Waals surface area contributed by atoms with Crippen LogP contribution in [0.2, 0.25) is 0 Å². The van der Waals surface area contributed by atoms with E-state index in [1.165, 1.54) is 0 Å². The topological polar surface area (TPSA) is 66.4 Å². The van der Waals surface area contributed by atoms with E-state index >= 15 is 0 Å². The highest BCUT2D eigenvalue weighted by molar-refractivity contribution is 9.10. The van der Waals surface area contributed by atoms with Crippen molar-refractivity contribution in [3.8, 4) is 0 Å². The zero-order chi connectivity index (χ0) is 13.6. The highest BCUT2D eigenvalue weighted by atomic mass is 79.9. The molecule has 100 valence electrons. The molecule has 1 saturated carbocycles. The van der Waals surface area contributed by atoms with E-state index in [-0.39, 0.29) is 5.78 Å². The number of fused-ring (bicyclic) bond motifs is 1. The van der Waals surface area contributed by atoms with Crippen LogP contribution in [0.1, 0.15) is 31.2 Å². The van der Waals surface area contributed by atoms with Crippen molar-refractivity contribution in [3.63, 3.8) is 0 Å². The molecule has 0 saturated heterocycles. The number of amides is 1. The average Bonchev–Trinajstić information content (AvgIpc) is 2.64. The highest BCUT2D eigenvalue weighted by Crippen LogP contribution is 2.45. The van der Waals surface area contributed by atoms with Crippen LogP contribution in [0.5, 0.6) is 0 Å². The van der Waals surface area contributed by atoms with Crippen molar-refractivity contribution < 1.29 is 14.7 Å². The molecule has 0 spiro atoms. The Labute approximate surface area is 119 Å². The lowest BCUT2D eigenvalue weighted by Gasteiger charge is -2.32. The van der Waals surface area contributed by atoms with Gasteiger partial charge in [0.2, 0.25) is 0 Å². The fraction of sp³-hybridized carbons (Fsp3) is 0.429. The minimum Gasteiger partial charge on any atom is -0.375 e. The number of carbonyl (C=O) groups is 2. The highest BCUT2D eigenvalue weighted by Gasteiger charge is 2.53. The van der Waals surface area contributed by atoms with Crippen LogP contribution >= 0.6 is 15.9 Å². The summed E-state index contributed by atoms with van der Waals surface area (Å²) in [4.78, 5) is 24.3. The van der Waals surface area contributed by atoms with Crippen LogP contribution in [-0.2, 0) is 15.2 Å². The van der Waals surface area contributed by atoms with Gasteiger partial charge in [-0.2, -0.15) is 0 Å². The third-order valence-corrected chi connectivity index (χ3v) is 4.54. The second kappa shape index (κ2) is 4.42. The number of rotatable bonds is 1. The number of hydrogen-bond donors (Lipinski definition) is 2. The number of ketones is 1. The first-order valence-electron chi connectivity index (χ1n) is 6.40. The van der Waals surface area contributed by atoms with Crippen LogP contribution < -0.4 is 5.32 Å². The lowest BCUT2D eigenvalue weighted by molar-refractivity contribution is -0.150. The summed E-state index contributed by atoms with van der Waals surface area (Å²) in [6.07, 6.45) is 2.73. The number of carbonyl (C=O) groups excluding carboxylic acids is 2. The van der Waals surface area contributed by atoms with E-state index in [0.29, 0.717) is 24.1 Å². The van der Waals surface area contributed by atoms with Gasteiger partial charge < -0.3 is 10.4 Å². The molecule has 0 unspecified atom stereocenters. The van der Waals surface area contributed by atoms with Crippen molar-refractivity contribution in [2.24, 2.45) is 5.92 Å². The molecule has 5 heteroatoms. The zero-order valence-electron chi connectivity index (χ0n) is 10.3. The Bertz CT molecular complexity index is 572. The van der Waals surface area contributed by atoms with Crippen molar-refractivity contribution in [2.75, 3.05) is 5.32 Å². The van der Waals surface area contributed by atoms with Gasteiger partial charge in [-0.3, -0.25) is 9.59 Å². The number of hydrogen-bond acceptors (Lipinski definition) is 3. The van der Waals surface area contributed by atoms with Crippen LogP contribution in [0.3, 0.4) is 0 Å². The second-order valence-corrected chi connectivity index (χ2v) is 6.09. The van der Waals surface area contributed by atoms with E-state index in [9.17, 15) is 14.7 Å². The Morgan fingerprint density at radius 2 is 2.11 bits per heavy atom. The summed E-state index contributed by atoms with van der Waals surface area (Å²) in [5.74, 6) is -1.13. The minimum absolute atomic E-state index is 0.0169. The molecule has 1 aromatic carbocycles. The first-order valence-corrected chi connectivity index (χ1v) is 7.19. The van der Waals surface area contributed by atoms with Gasteiger partial charge in [0.05, 0.1) is 5.92 Å². The van der Waals surface area contributed by atoms with E-state index in [2.05, 4.69) is 21.2 Å². The van der Waals surface area contributed by atoms with Crippen LogP contribution in [0, 0.1) is 5.92 Å². The molecule has 0 bridgehead atoms. The molecule has 0 aromatic heterocycles. The fourth-order valence-electron chi connectivity index (χ4n) is 3.05. The van der Waals surface area contributed by atoms with E-state index in [1.807, 2.05) is 0 Å². The monoisotopic (exact) mass is 323 g/mol. The van der Waals surface area contributed by atoms with Gasteiger partial charge in [-0.05, 0) is 31.0 Å². The van der Waals surface area contributed by atoms with Crippen molar-refractivity contribution in [1.29, 1.82) is 0 Å². The van der Waals surface area contributed by atoms with Crippen LogP contribution in [0.4, 0.5) is 5.69 Å². The van der Waals surface area contributed by atoms with Gasteiger partial charge in [0.25, 0.3) is 5.91 Å². The standard InChI is InChI=1S/C14H14BrNO3/c15-8-5-6-11-10(7-8)14(19,13(18)16-11)9-3-1-2-4-12(9)17/h5-7,9,19H,1-4H2,(H,16,18)/t9-,14+/m0/s1. The van der Waals surface area contributed by atoms with E-state index in [0.717, 1.165) is 17.3 Å². The quantitative estimate of drug-likeness (QED) is 0.833. The Hall–Kier alpha value is -1.20. The number of halogens is 1. The molecule has 1 aromatic rings. The van der Waals surface area contributed by atoms with Gasteiger partial charge in [0, 0.05) is 22.1 Å². The van der Waals surface area contributed by atoms with E-state index < -0.39 is 17.4 Å². The molecule has 19 heavy (non-hydrogen) atoms. The molecule has 0 radical (unpaired) electrons. The summed E-state index contributed by atoms with van der Waals surface area (Å²) in [7, 11) is 0. The van der Waals surface area contributed by atoms with Gasteiger partial charge in [-0.25, -0.2) is 0 Å². The molecule has 1 aliphatic heterocycles. The van der Waals surface area contributed by atoms with E-state index in [1.54, 1.807) is 18.2 Å².